The van der Waals surface area contributed by atoms with E-state index in [-0.39, 0.29) is 39.5 Å². The summed E-state index contributed by atoms with van der Waals surface area (Å²) >= 11 is 0. The summed E-state index contributed by atoms with van der Waals surface area (Å²) in [5.41, 5.74) is 3.12. The summed E-state index contributed by atoms with van der Waals surface area (Å²) in [7, 11) is 0. The van der Waals surface area contributed by atoms with Crippen LogP contribution in [0.4, 0.5) is 19.2 Å². The lowest BCUT2D eigenvalue weighted by Crippen LogP contribution is -2.26. The molecule has 0 aliphatic heterocycles. The minimum absolute atomic E-state index is 0.189. The van der Waals surface area contributed by atoms with Crippen LogP contribution in [0.15, 0.2) is 107 Å². The van der Waals surface area contributed by atoms with Gasteiger partial charge < -0.3 is 40.2 Å². The molecule has 0 fully saturated rings. The molecular formula is C82H104N4O8. The van der Waals surface area contributed by atoms with Crippen molar-refractivity contribution in [1.82, 2.24) is 21.3 Å². The fraction of sp³-hybridized carbons (Fsp3) is 0.512. The highest BCUT2D eigenvalue weighted by Crippen LogP contribution is 2.16. The van der Waals surface area contributed by atoms with E-state index in [1.165, 1.54) is 191 Å². The first-order chi connectivity index (χ1) is 46.3. The maximum atomic E-state index is 12.9. The summed E-state index contributed by atoms with van der Waals surface area (Å²) in [6, 6.07) is 18.8. The van der Waals surface area contributed by atoms with Crippen LogP contribution in [-0.2, 0) is 32.0 Å². The molecule has 94 heavy (non-hydrogen) atoms. The smallest absolute Gasteiger partial charge is 0.407 e. The van der Waals surface area contributed by atoms with Gasteiger partial charge in [-0.25, -0.2) is 19.2 Å². The molecule has 1 aliphatic carbocycles. The van der Waals surface area contributed by atoms with Crippen LogP contribution in [0.1, 0.15) is 230 Å². The highest BCUT2D eigenvalue weighted by Gasteiger charge is 2.08. The van der Waals surface area contributed by atoms with E-state index < -0.39 is 24.4 Å². The lowest BCUT2D eigenvalue weighted by Gasteiger charge is -2.07. The Morgan fingerprint density at radius 3 is 0.755 bits per heavy atom. The molecule has 0 heterocycles. The Morgan fingerprint density at radius 1 is 0.287 bits per heavy atom. The van der Waals surface area contributed by atoms with Crippen molar-refractivity contribution in [2.24, 2.45) is 0 Å². The van der Waals surface area contributed by atoms with Crippen molar-refractivity contribution < 1.29 is 38.1 Å². The molecule has 500 valence electrons. The first kappa shape index (κ1) is 79.2. The van der Waals surface area contributed by atoms with E-state index >= 15 is 0 Å². The normalized spacial score (nSPS) is 13.7. The predicted octanol–water partition coefficient (Wildman–Crippen LogP) is 17.6. The number of hydrogen-bond donors (Lipinski definition) is 4. The maximum absolute atomic E-state index is 12.9. The van der Waals surface area contributed by atoms with Gasteiger partial charge in [-0.1, -0.05) is 314 Å². The molecule has 4 amide bonds. The molecule has 12 heteroatoms. The quantitative estimate of drug-likeness (QED) is 0.0290. The number of unbranched alkanes of at least 4 members (excludes halogenated alkanes) is 30. The third-order valence-corrected chi connectivity index (χ3v) is 15.0. The van der Waals surface area contributed by atoms with Gasteiger partial charge in [0.1, 0.15) is 26.4 Å². The number of allylic oxidation sites excluding steroid dienone is 4. The van der Waals surface area contributed by atoms with Crippen molar-refractivity contribution in [3.05, 3.63) is 118 Å². The summed E-state index contributed by atoms with van der Waals surface area (Å²) in [5, 5.41) is 11.1. The highest BCUT2D eigenvalue weighted by molar-refractivity contribution is 5.69. The van der Waals surface area contributed by atoms with Gasteiger partial charge in [-0.2, -0.15) is 0 Å². The van der Waals surface area contributed by atoms with Gasteiger partial charge in [0.05, 0.1) is 0 Å². The predicted molar refractivity (Wildman–Crippen MR) is 382 cm³/mol. The molecule has 0 saturated heterocycles. The third kappa shape index (κ3) is 48.7. The largest absolute Gasteiger partial charge is 0.444 e. The summed E-state index contributed by atoms with van der Waals surface area (Å²) in [6.07, 6.45) is 44.0. The van der Waals surface area contributed by atoms with Crippen LogP contribution >= 0.6 is 0 Å². The van der Waals surface area contributed by atoms with Gasteiger partial charge in [-0.3, -0.25) is 0 Å². The number of rotatable bonds is 46. The molecule has 0 aromatic heterocycles. The molecule has 0 atom stereocenters. The van der Waals surface area contributed by atoms with Gasteiger partial charge >= 0.3 is 24.4 Å². The van der Waals surface area contributed by atoms with Gasteiger partial charge in [0, 0.05) is 72.8 Å². The topological polar surface area (TPSA) is 153 Å². The molecule has 3 rings (SSSR count). The Morgan fingerprint density at radius 2 is 0.511 bits per heavy atom. The molecule has 1 aliphatic rings. The first-order valence-electron chi connectivity index (χ1n) is 34.9. The summed E-state index contributed by atoms with van der Waals surface area (Å²) in [4.78, 5) is 51.2. The minimum atomic E-state index is -0.664. The molecule has 2 aromatic rings. The number of amides is 4. The van der Waals surface area contributed by atoms with E-state index in [4.69, 9.17) is 18.9 Å². The number of hydrogen-bond acceptors (Lipinski definition) is 8. The Kier molecular flexibility index (Phi) is 49.7. The Bertz CT molecular complexity index is 2940. The van der Waals surface area contributed by atoms with Crippen molar-refractivity contribution >= 4 is 24.4 Å². The Hall–Kier alpha value is -9.04. The van der Waals surface area contributed by atoms with E-state index in [1.807, 2.05) is 60.7 Å². The first-order valence-corrected chi connectivity index (χ1v) is 34.9. The number of ether oxygens (including phenoxy) is 4. The van der Waals surface area contributed by atoms with E-state index in [2.05, 4.69) is 130 Å². The zero-order valence-electron chi connectivity index (χ0n) is 56.6. The maximum Gasteiger partial charge on any atom is 0.407 e. The van der Waals surface area contributed by atoms with Gasteiger partial charge in [0.25, 0.3) is 0 Å². The van der Waals surface area contributed by atoms with Crippen molar-refractivity contribution in [2.75, 3.05) is 39.5 Å². The molecule has 0 radical (unpaired) electrons. The Labute approximate surface area is 566 Å². The average Bonchev–Trinajstić information content (AvgIpc) is 2.76. The fourth-order valence-corrected chi connectivity index (χ4v) is 9.58. The van der Waals surface area contributed by atoms with Crippen molar-refractivity contribution in [2.45, 2.75) is 232 Å². The van der Waals surface area contributed by atoms with Crippen LogP contribution in [0.3, 0.4) is 0 Å². The summed E-state index contributed by atoms with van der Waals surface area (Å²) in [6.45, 7) is 5.18. The number of carbonyl (C=O) groups excluding carboxylic acids is 4. The van der Waals surface area contributed by atoms with Crippen molar-refractivity contribution in [3.8, 4) is 94.7 Å². The lowest BCUT2D eigenvalue weighted by molar-refractivity contribution is 0.155. The van der Waals surface area contributed by atoms with E-state index in [0.29, 0.717) is 35.4 Å². The number of nitrogens with one attached hydrogen (secondary N) is 4. The number of carbonyl (C=O) groups is 4. The Balaban J connectivity index is 1.73. The highest BCUT2D eigenvalue weighted by atomic mass is 16.6. The lowest BCUT2D eigenvalue weighted by atomic mass is 10.0. The average molecular weight is 1270 g/mol. The van der Waals surface area contributed by atoms with Gasteiger partial charge in [0.2, 0.25) is 0 Å². The summed E-state index contributed by atoms with van der Waals surface area (Å²) < 4.78 is 22.1. The van der Waals surface area contributed by atoms with Gasteiger partial charge in [0.15, 0.2) is 0 Å². The molecule has 0 bridgehead atoms. The van der Waals surface area contributed by atoms with Gasteiger partial charge in [-0.05, 0) is 71.3 Å². The van der Waals surface area contributed by atoms with Crippen molar-refractivity contribution in [3.63, 3.8) is 0 Å². The SMILES string of the molecule is CCCCCCCCCCCCCCCCCCNC(=O)OC/C1=C/C#CC#C/C=C(\COC(=O)NCc2ccccc2)C#CC#C/C(COC(=O)NCc2ccccc2)=C\C#CC#C/C=C(/COC(=O)NCCCCCCCCCCCCCCCCCC)C#CC#C1. The van der Waals surface area contributed by atoms with E-state index in [0.717, 1.165) is 49.7 Å². The van der Waals surface area contributed by atoms with Crippen LogP contribution in [0.25, 0.3) is 0 Å². The van der Waals surface area contributed by atoms with Crippen LogP contribution < -0.4 is 21.3 Å². The van der Waals surface area contributed by atoms with Crippen LogP contribution in [0.2, 0.25) is 0 Å². The van der Waals surface area contributed by atoms with Crippen LogP contribution in [0.5, 0.6) is 0 Å². The molecule has 0 saturated carbocycles. The van der Waals surface area contributed by atoms with Crippen LogP contribution in [-0.4, -0.2) is 63.9 Å². The molecule has 12 nitrogen and oxygen atoms in total. The second-order valence-electron chi connectivity index (χ2n) is 23.2. The summed E-state index contributed by atoms with van der Waals surface area (Å²) in [5.74, 6) is 45.2. The molecule has 0 spiro atoms. The van der Waals surface area contributed by atoms with E-state index in [1.54, 1.807) is 0 Å². The monoisotopic (exact) mass is 1270 g/mol. The molecule has 2 aromatic carbocycles. The molecular weight excluding hydrogens is 1170 g/mol. The zero-order valence-corrected chi connectivity index (χ0v) is 56.6. The standard InChI is InChI=1S/C82H104N4O8/c1-3-5-7-9-11-13-15-17-19-21-23-25-27-29-35-51-65-83-79(87)91-69-75-57-39-31-33-41-59-77(71-93-81(89)85-67-73-53-43-37-44-54-73)63-49-50-64-78(72-94-82(90)86-68-74-55-45-38-46-56-74)60-42-34-32-40-58-76(62-48-47-61-75)70-92-80(88)84-66-52-36-30-28-26-24-22-20-18-16-14-12-10-8-6-4-2/h37-38,43-46,53-60H,3-30,35-36,51-52,65-72H2,1-2H3,(H,83,87)(H,84,88)(H,85,89)(H,86,90)/b75-57+,76-58+,77-59-,78-60+. The fourth-order valence-electron chi connectivity index (χ4n) is 9.58. The van der Waals surface area contributed by atoms with Crippen molar-refractivity contribution in [1.29, 1.82) is 0 Å². The number of benzene rings is 2. The number of alkyl carbamates (subject to hydrolysis) is 4. The zero-order chi connectivity index (χ0) is 66.9. The van der Waals surface area contributed by atoms with Gasteiger partial charge in [-0.15, -0.1) is 0 Å². The molecule has 4 N–H and O–H groups in total. The second kappa shape index (κ2) is 59.0. The second-order valence-corrected chi connectivity index (χ2v) is 23.2. The minimum Gasteiger partial charge on any atom is -0.444 e. The third-order valence-electron chi connectivity index (χ3n) is 15.0. The molecule has 0 unspecified atom stereocenters. The van der Waals surface area contributed by atoms with Crippen LogP contribution in [0, 0.1) is 94.7 Å². The van der Waals surface area contributed by atoms with E-state index in [9.17, 15) is 19.2 Å².